The van der Waals surface area contributed by atoms with Crippen LogP contribution in [0.25, 0.3) is 0 Å². The van der Waals surface area contributed by atoms with Gasteiger partial charge in [0.1, 0.15) is 11.7 Å². The normalized spacial score (nSPS) is 24.4. The number of esters is 1. The smallest absolute Gasteiger partial charge is 0.318 e. The maximum absolute atomic E-state index is 14.3. The van der Waals surface area contributed by atoms with Gasteiger partial charge in [-0.1, -0.05) is 6.07 Å². The number of methoxy groups -OCH3 is 1. The van der Waals surface area contributed by atoms with Crippen molar-refractivity contribution in [3.8, 4) is 0 Å². The number of hydrogen-bond acceptors (Lipinski definition) is 3. The van der Waals surface area contributed by atoms with Gasteiger partial charge in [-0.15, -0.1) is 0 Å². The lowest BCUT2D eigenvalue weighted by atomic mass is 9.86. The molecule has 4 nitrogen and oxygen atoms in total. The molecule has 2 aliphatic rings. The first-order valence-electron chi connectivity index (χ1n) is 6.78. The Hall–Kier alpha value is -1.91. The summed E-state index contributed by atoms with van der Waals surface area (Å²) < 4.78 is 18.9. The fraction of sp³-hybridized carbons (Fsp3) is 0.467. The Labute approximate surface area is 116 Å². The van der Waals surface area contributed by atoms with Gasteiger partial charge in [-0.05, 0) is 42.0 Å². The third-order valence-electron chi connectivity index (χ3n) is 4.25. The van der Waals surface area contributed by atoms with Crippen molar-refractivity contribution in [1.82, 2.24) is 5.32 Å². The van der Waals surface area contributed by atoms with Crippen LogP contribution in [0.4, 0.5) is 4.39 Å². The highest BCUT2D eigenvalue weighted by Gasteiger charge is 2.43. The van der Waals surface area contributed by atoms with E-state index >= 15 is 0 Å². The quantitative estimate of drug-likeness (QED) is 0.655. The summed E-state index contributed by atoms with van der Waals surface area (Å²) in [6.07, 6.45) is 2.86. The molecule has 20 heavy (non-hydrogen) atoms. The predicted molar refractivity (Wildman–Crippen MR) is 69.7 cm³/mol. The summed E-state index contributed by atoms with van der Waals surface area (Å²) in [4.78, 5) is 23.5. The van der Waals surface area contributed by atoms with Crippen LogP contribution in [0, 0.1) is 11.7 Å². The van der Waals surface area contributed by atoms with E-state index in [9.17, 15) is 14.0 Å². The highest BCUT2D eigenvalue weighted by Crippen LogP contribution is 2.35. The summed E-state index contributed by atoms with van der Waals surface area (Å²) in [5.41, 5.74) is 2.61. The monoisotopic (exact) mass is 277 g/mol. The van der Waals surface area contributed by atoms with Crippen LogP contribution in [-0.2, 0) is 27.2 Å². The Morgan fingerprint density at radius 1 is 1.35 bits per heavy atom. The Bertz CT molecular complexity index is 585. The van der Waals surface area contributed by atoms with Crippen molar-refractivity contribution in [1.29, 1.82) is 0 Å². The standard InChI is InChI=1S/C15H16FNO3/c1-20-15(19)13-11(7-17-14(13)18)10-5-8-3-2-4-9(8)6-12(10)16/h5-6,11,13H,2-4,7H2,1H3,(H,17,18)/t11-,13-/m0/s1. The highest BCUT2D eigenvalue weighted by molar-refractivity contribution is 6.00. The first-order valence-corrected chi connectivity index (χ1v) is 6.78. The average molecular weight is 277 g/mol. The minimum atomic E-state index is -0.950. The maximum Gasteiger partial charge on any atom is 0.318 e. The number of rotatable bonds is 2. The third-order valence-corrected chi connectivity index (χ3v) is 4.25. The van der Waals surface area contributed by atoms with E-state index in [0.717, 1.165) is 30.4 Å². The van der Waals surface area contributed by atoms with Crippen molar-refractivity contribution >= 4 is 11.9 Å². The van der Waals surface area contributed by atoms with E-state index in [2.05, 4.69) is 10.1 Å². The maximum atomic E-state index is 14.3. The molecule has 0 unspecified atom stereocenters. The zero-order chi connectivity index (χ0) is 14.3. The number of aryl methyl sites for hydroxylation is 2. The topological polar surface area (TPSA) is 55.4 Å². The van der Waals surface area contributed by atoms with Crippen LogP contribution in [0.15, 0.2) is 12.1 Å². The number of fused-ring (bicyclic) bond motifs is 1. The fourth-order valence-electron chi connectivity index (χ4n) is 3.21. The first-order chi connectivity index (χ1) is 9.61. The zero-order valence-corrected chi connectivity index (χ0v) is 11.2. The summed E-state index contributed by atoms with van der Waals surface area (Å²) in [7, 11) is 1.24. The van der Waals surface area contributed by atoms with Gasteiger partial charge in [-0.2, -0.15) is 0 Å². The van der Waals surface area contributed by atoms with Crippen LogP contribution >= 0.6 is 0 Å². The molecule has 1 heterocycles. The van der Waals surface area contributed by atoms with E-state index in [0.29, 0.717) is 5.56 Å². The molecule has 1 N–H and O–H groups in total. The van der Waals surface area contributed by atoms with E-state index < -0.39 is 17.8 Å². The van der Waals surface area contributed by atoms with E-state index in [-0.39, 0.29) is 18.3 Å². The minimum absolute atomic E-state index is 0.272. The number of halogens is 1. The summed E-state index contributed by atoms with van der Waals surface area (Å²) in [5, 5.41) is 2.62. The third kappa shape index (κ3) is 1.97. The second-order valence-corrected chi connectivity index (χ2v) is 5.35. The molecule has 1 aliphatic heterocycles. The van der Waals surface area contributed by atoms with Gasteiger partial charge in [-0.25, -0.2) is 4.39 Å². The molecule has 0 saturated carbocycles. The van der Waals surface area contributed by atoms with Crippen LogP contribution in [-0.4, -0.2) is 25.5 Å². The van der Waals surface area contributed by atoms with Gasteiger partial charge in [0.2, 0.25) is 5.91 Å². The molecule has 2 atom stereocenters. The molecule has 1 fully saturated rings. The Balaban J connectivity index is 2.00. The van der Waals surface area contributed by atoms with Gasteiger partial charge in [-0.3, -0.25) is 9.59 Å². The molecule has 3 rings (SSSR count). The molecule has 106 valence electrons. The summed E-state index contributed by atoms with van der Waals surface area (Å²) in [6, 6.07) is 3.37. The van der Waals surface area contributed by atoms with E-state index in [1.54, 1.807) is 6.07 Å². The first kappa shape index (κ1) is 13.1. The minimum Gasteiger partial charge on any atom is -0.468 e. The molecule has 1 aromatic rings. The van der Waals surface area contributed by atoms with Gasteiger partial charge in [0.05, 0.1) is 7.11 Å². The highest BCUT2D eigenvalue weighted by atomic mass is 19.1. The van der Waals surface area contributed by atoms with Crippen LogP contribution < -0.4 is 5.32 Å². The van der Waals surface area contributed by atoms with Crippen molar-refractivity contribution in [2.24, 2.45) is 5.92 Å². The number of nitrogens with one attached hydrogen (secondary N) is 1. The molecule has 1 saturated heterocycles. The van der Waals surface area contributed by atoms with E-state index in [1.165, 1.54) is 7.11 Å². The van der Waals surface area contributed by atoms with Crippen molar-refractivity contribution in [2.75, 3.05) is 13.7 Å². The molecule has 0 radical (unpaired) electrons. The van der Waals surface area contributed by atoms with E-state index in [4.69, 9.17) is 0 Å². The van der Waals surface area contributed by atoms with Crippen molar-refractivity contribution in [3.63, 3.8) is 0 Å². The molecular formula is C15H16FNO3. The molecule has 0 aromatic heterocycles. The second-order valence-electron chi connectivity index (χ2n) is 5.35. The molecule has 0 bridgehead atoms. The number of carbonyl (C=O) groups excluding carboxylic acids is 2. The largest absolute Gasteiger partial charge is 0.468 e. The lowest BCUT2D eigenvalue weighted by molar-refractivity contribution is -0.149. The Morgan fingerprint density at radius 2 is 2.05 bits per heavy atom. The molecular weight excluding hydrogens is 261 g/mol. The van der Waals surface area contributed by atoms with Crippen molar-refractivity contribution in [2.45, 2.75) is 25.2 Å². The SMILES string of the molecule is COC(=O)[C@@H]1C(=O)NC[C@H]1c1cc2c(cc1F)CCC2. The number of amides is 1. The zero-order valence-electron chi connectivity index (χ0n) is 11.2. The van der Waals surface area contributed by atoms with E-state index in [1.807, 2.05) is 6.07 Å². The lowest BCUT2D eigenvalue weighted by Gasteiger charge is -2.17. The summed E-state index contributed by atoms with van der Waals surface area (Å²) in [6.45, 7) is 0.272. The van der Waals surface area contributed by atoms with Crippen LogP contribution in [0.2, 0.25) is 0 Å². The van der Waals surface area contributed by atoms with Gasteiger partial charge >= 0.3 is 5.97 Å². The molecule has 1 aromatic carbocycles. The molecule has 1 aliphatic carbocycles. The Kier molecular flexibility index (Phi) is 3.20. The summed E-state index contributed by atoms with van der Waals surface area (Å²) in [5.74, 6) is -2.76. The fourth-order valence-corrected chi connectivity index (χ4v) is 3.21. The Morgan fingerprint density at radius 3 is 2.75 bits per heavy atom. The van der Waals surface area contributed by atoms with Crippen LogP contribution in [0.5, 0.6) is 0 Å². The molecule has 0 spiro atoms. The van der Waals surface area contributed by atoms with Crippen LogP contribution in [0.3, 0.4) is 0 Å². The average Bonchev–Trinajstić information content (AvgIpc) is 3.02. The van der Waals surface area contributed by atoms with Gasteiger partial charge < -0.3 is 10.1 Å². The summed E-state index contributed by atoms with van der Waals surface area (Å²) >= 11 is 0. The van der Waals surface area contributed by atoms with Crippen LogP contribution in [0.1, 0.15) is 29.0 Å². The van der Waals surface area contributed by atoms with Gasteiger partial charge in [0.15, 0.2) is 0 Å². The van der Waals surface area contributed by atoms with Crippen molar-refractivity contribution in [3.05, 3.63) is 34.6 Å². The van der Waals surface area contributed by atoms with Gasteiger partial charge in [0, 0.05) is 12.5 Å². The molecule has 5 heteroatoms. The van der Waals surface area contributed by atoms with Gasteiger partial charge in [0.25, 0.3) is 0 Å². The molecule has 1 amide bonds. The van der Waals surface area contributed by atoms with Crippen molar-refractivity contribution < 1.29 is 18.7 Å². The number of hydrogen-bond donors (Lipinski definition) is 1. The lowest BCUT2D eigenvalue weighted by Crippen LogP contribution is -2.28. The predicted octanol–water partition coefficient (Wildman–Crippen LogP) is 1.32. The second kappa shape index (κ2) is 4.89. The number of benzene rings is 1. The number of ether oxygens (including phenoxy) is 1. The number of carbonyl (C=O) groups is 2.